The second-order valence-electron chi connectivity index (χ2n) is 13.5. The molecule has 1 amide bonds. The summed E-state index contributed by atoms with van der Waals surface area (Å²) in [5.74, 6) is -0.481. The van der Waals surface area contributed by atoms with Gasteiger partial charge in [-0.2, -0.15) is 0 Å². The van der Waals surface area contributed by atoms with Crippen molar-refractivity contribution in [2.45, 2.75) is 61.4 Å². The van der Waals surface area contributed by atoms with Crippen molar-refractivity contribution in [3.63, 3.8) is 0 Å². The van der Waals surface area contributed by atoms with E-state index in [2.05, 4.69) is 32.4 Å². The first-order valence-corrected chi connectivity index (χ1v) is 18.1. The maximum absolute atomic E-state index is 12.5. The molecule has 1 aliphatic carbocycles. The second-order valence-corrected chi connectivity index (χ2v) is 14.6. The average molecular weight is 730 g/mol. The van der Waals surface area contributed by atoms with Crippen LogP contribution in [-0.4, -0.2) is 115 Å². The molecule has 274 valence electrons. The lowest BCUT2D eigenvalue weighted by Crippen LogP contribution is -2.66. The second kappa shape index (κ2) is 13.6. The van der Waals surface area contributed by atoms with Crippen LogP contribution in [0.1, 0.15) is 46.3 Å². The summed E-state index contributed by atoms with van der Waals surface area (Å²) in [4.78, 5) is 37.6. The molecule has 0 spiro atoms. The number of aromatic nitrogens is 1. The van der Waals surface area contributed by atoms with Crippen molar-refractivity contribution >= 4 is 24.6 Å². The number of piperidine rings is 3. The molecule has 9 rings (SSSR count). The van der Waals surface area contributed by atoms with Gasteiger partial charge in [-0.25, -0.2) is 4.57 Å². The number of hydrogen-bond acceptors (Lipinski definition) is 13. The fourth-order valence-corrected chi connectivity index (χ4v) is 8.86. The normalized spacial score (nSPS) is 32.6. The number of carbonyl (C=O) groups is 1. The Kier molecular flexibility index (Phi) is 9.50. The van der Waals surface area contributed by atoms with E-state index in [0.717, 1.165) is 41.7 Å². The number of amides is 1. The number of fused-ring (bicyclic) bond motifs is 8. The van der Waals surface area contributed by atoms with E-state index >= 15 is 0 Å². The van der Waals surface area contributed by atoms with Crippen LogP contribution in [0.3, 0.4) is 0 Å². The van der Waals surface area contributed by atoms with Crippen LogP contribution in [-0.2, 0) is 9.09 Å². The van der Waals surface area contributed by atoms with E-state index in [-0.39, 0.29) is 35.5 Å². The Balaban J connectivity index is 0.000000160. The van der Waals surface area contributed by atoms with Crippen molar-refractivity contribution in [2.75, 3.05) is 27.0 Å². The van der Waals surface area contributed by atoms with Crippen LogP contribution in [0.4, 0.5) is 0 Å². The largest absolute Gasteiger partial charge is 0.504 e. The van der Waals surface area contributed by atoms with Gasteiger partial charge in [-0.05, 0) is 72.7 Å². The number of benzene rings is 2. The third-order valence-electron chi connectivity index (χ3n) is 10.8. The first-order valence-electron chi connectivity index (χ1n) is 16.5. The molecule has 1 aromatic heterocycles. The molecule has 17 heteroatoms. The molecule has 1 unspecified atom stereocenters. The number of phenols is 1. The fourth-order valence-electron chi connectivity index (χ4n) is 8.29. The number of aromatic hydroxyl groups is 1. The third kappa shape index (κ3) is 6.34. The molecule has 6 heterocycles. The van der Waals surface area contributed by atoms with Gasteiger partial charge in [0.1, 0.15) is 24.1 Å². The lowest BCUT2D eigenvalue weighted by atomic mass is 9.70. The van der Waals surface area contributed by atoms with Gasteiger partial charge in [-0.15, -0.1) is 6.58 Å². The first-order chi connectivity index (χ1) is 24.3. The number of aliphatic hydroxyl groups excluding tert-OH is 4. The highest BCUT2D eigenvalue weighted by Gasteiger charge is 2.56. The van der Waals surface area contributed by atoms with E-state index in [4.69, 9.17) is 24.0 Å². The lowest BCUT2D eigenvalue weighted by molar-refractivity contribution is -0.152. The zero-order valence-corrected chi connectivity index (χ0v) is 28.4. The van der Waals surface area contributed by atoms with Crippen molar-refractivity contribution in [3.8, 4) is 23.0 Å². The number of methoxy groups -OCH3 is 1. The monoisotopic (exact) mass is 729 g/mol. The molecule has 1 saturated carbocycles. The predicted octanol–water partition coefficient (Wildman–Crippen LogP) is 1.06. The van der Waals surface area contributed by atoms with E-state index in [1.54, 1.807) is 13.3 Å². The number of nitrogens with one attached hydrogen (secondary N) is 1. The zero-order chi connectivity index (χ0) is 36.4. The number of phenolic OH excluding ortho intramolecular Hbond substituents is 1. The molecular formula is C34H40N3O13P. The van der Waals surface area contributed by atoms with Crippen LogP contribution < -0.4 is 19.5 Å². The SMILES string of the molecule is C=C[C@H]1CN2CC[C@H]1C[C@@H]2[C@@H](O)c1ccnc2ccc(OC)cc12.O=C1N[C@H]2[C@H](OP(=O)(O)O)[C@H](O)[C@@H](O)[C@H](O)[C@@H]2c2cc3c(c(O)c21)OCO3. The molecular weight excluding hydrogens is 689 g/mol. The Morgan fingerprint density at radius 3 is 2.61 bits per heavy atom. The number of aliphatic hydroxyl groups is 4. The molecule has 2 aromatic carbocycles. The molecule has 11 atom stereocenters. The molecule has 51 heavy (non-hydrogen) atoms. The fraction of sp³-hybridized carbons (Fsp3) is 0.471. The number of hydrogen-bond donors (Lipinski definition) is 8. The molecule has 6 aliphatic rings. The number of pyridine rings is 1. The van der Waals surface area contributed by atoms with Gasteiger partial charge in [0.15, 0.2) is 11.5 Å². The topological polar surface area (TPSA) is 241 Å². The quantitative estimate of drug-likeness (QED) is 0.131. The van der Waals surface area contributed by atoms with Crippen LogP contribution in [0, 0.1) is 11.8 Å². The minimum absolute atomic E-state index is 0.0586. The van der Waals surface area contributed by atoms with E-state index in [0.29, 0.717) is 11.8 Å². The number of phosphoric ester groups is 1. The third-order valence-corrected chi connectivity index (χ3v) is 11.3. The molecule has 2 bridgehead atoms. The highest BCUT2D eigenvalue weighted by molar-refractivity contribution is 7.46. The van der Waals surface area contributed by atoms with Crippen molar-refractivity contribution in [1.82, 2.24) is 15.2 Å². The number of phosphoric acid groups is 1. The molecule has 0 radical (unpaired) electrons. The Labute approximate surface area is 292 Å². The number of rotatable bonds is 6. The molecule has 8 N–H and O–H groups in total. The summed E-state index contributed by atoms with van der Waals surface area (Å²) in [6.07, 6.45) is -1.47. The first kappa shape index (κ1) is 35.6. The standard InChI is InChI=1S/C20H24N2O2.C14H16NO11P/c1-3-13-12-22-9-7-14(13)10-19(22)20(23)16-6-8-21-18-5-4-15(24-2)11-17(16)18;16-8-5-3-1-4-12(25-2-24-4)9(17)6(3)14(20)15-7(5)13(11(19)10(8)18)26-27(21,22)23/h3-6,8,11,13-14,19-20,23H,1,7,9-10,12H2,2H3;1,5,7-8,10-11,13,16-19H,2H2,(H,15,20)(H2,21,22,23)/t13-,14-,19+,20-;5-,7-,8-,10+,11-,13+/m01/s1. The number of carbonyl (C=O) groups excluding carboxylic acids is 1. The van der Waals surface area contributed by atoms with Gasteiger partial charge >= 0.3 is 7.82 Å². The van der Waals surface area contributed by atoms with Crippen LogP contribution in [0.5, 0.6) is 23.0 Å². The van der Waals surface area contributed by atoms with Gasteiger partial charge in [0.25, 0.3) is 5.91 Å². The molecule has 16 nitrogen and oxygen atoms in total. The molecule has 3 saturated heterocycles. The predicted molar refractivity (Wildman–Crippen MR) is 178 cm³/mol. The minimum Gasteiger partial charge on any atom is -0.504 e. The van der Waals surface area contributed by atoms with Crippen LogP contribution >= 0.6 is 7.82 Å². The van der Waals surface area contributed by atoms with Crippen LogP contribution in [0.25, 0.3) is 10.9 Å². The van der Waals surface area contributed by atoms with Gasteiger partial charge in [0.05, 0.1) is 36.4 Å². The number of nitrogens with zero attached hydrogens (tertiary/aromatic N) is 2. The number of ether oxygens (including phenoxy) is 3. The zero-order valence-electron chi connectivity index (χ0n) is 27.5. The summed E-state index contributed by atoms with van der Waals surface area (Å²) in [5, 5.41) is 55.6. The Morgan fingerprint density at radius 1 is 1.14 bits per heavy atom. The maximum Gasteiger partial charge on any atom is 0.470 e. The van der Waals surface area contributed by atoms with E-state index in [9.17, 15) is 34.9 Å². The highest BCUT2D eigenvalue weighted by Crippen LogP contribution is 2.52. The van der Waals surface area contributed by atoms with Crippen molar-refractivity contribution < 1.29 is 63.4 Å². The Hall–Kier alpha value is -3.83. The summed E-state index contributed by atoms with van der Waals surface area (Å²) in [6.45, 7) is 5.87. The van der Waals surface area contributed by atoms with E-state index in [1.807, 2.05) is 24.3 Å². The van der Waals surface area contributed by atoms with Gasteiger partial charge in [-0.3, -0.25) is 19.2 Å². The van der Waals surface area contributed by atoms with Crippen molar-refractivity contribution in [1.29, 1.82) is 0 Å². The minimum atomic E-state index is -5.11. The van der Waals surface area contributed by atoms with Crippen LogP contribution in [0.15, 0.2) is 49.2 Å². The lowest BCUT2D eigenvalue weighted by Gasteiger charge is -2.50. The average Bonchev–Trinajstić information content (AvgIpc) is 3.61. The Morgan fingerprint density at radius 2 is 1.92 bits per heavy atom. The summed E-state index contributed by atoms with van der Waals surface area (Å²) < 4.78 is 31.5. The Bertz CT molecular complexity index is 1890. The summed E-state index contributed by atoms with van der Waals surface area (Å²) in [5.41, 5.74) is 1.67. The summed E-state index contributed by atoms with van der Waals surface area (Å²) in [6, 6.07) is 7.99. The highest BCUT2D eigenvalue weighted by atomic mass is 31.2. The van der Waals surface area contributed by atoms with Gasteiger partial charge in [0, 0.05) is 30.1 Å². The van der Waals surface area contributed by atoms with Crippen LogP contribution in [0.2, 0.25) is 0 Å². The smallest absolute Gasteiger partial charge is 0.470 e. The van der Waals surface area contributed by atoms with Gasteiger partial charge < -0.3 is 54.8 Å². The molecule has 4 fully saturated rings. The summed E-state index contributed by atoms with van der Waals surface area (Å²) in [7, 11) is -3.44. The van der Waals surface area contributed by atoms with Crippen molar-refractivity contribution in [3.05, 3.63) is 65.9 Å². The summed E-state index contributed by atoms with van der Waals surface area (Å²) >= 11 is 0. The molecule has 5 aliphatic heterocycles. The van der Waals surface area contributed by atoms with E-state index in [1.165, 1.54) is 12.5 Å². The van der Waals surface area contributed by atoms with Gasteiger partial charge in [0.2, 0.25) is 12.5 Å². The van der Waals surface area contributed by atoms with E-state index < -0.39 is 62.0 Å². The van der Waals surface area contributed by atoms with Crippen molar-refractivity contribution in [2.24, 2.45) is 11.8 Å². The maximum atomic E-state index is 12.5. The molecule has 3 aromatic rings. The van der Waals surface area contributed by atoms with Gasteiger partial charge in [-0.1, -0.05) is 6.08 Å².